The fraction of sp³-hybridized carbons (Fsp3) is 0.400. The summed E-state index contributed by atoms with van der Waals surface area (Å²) >= 11 is 0. The average molecular weight is 295 g/mol. The summed E-state index contributed by atoms with van der Waals surface area (Å²) in [5.74, 6) is 0. The van der Waals surface area contributed by atoms with Crippen molar-refractivity contribution in [3.63, 3.8) is 0 Å². The van der Waals surface area contributed by atoms with Crippen LogP contribution in [-0.4, -0.2) is 9.78 Å². The van der Waals surface area contributed by atoms with Crippen LogP contribution in [0.4, 0.5) is 13.2 Å². The maximum Gasteiger partial charge on any atom is 0.416 e. The van der Waals surface area contributed by atoms with Gasteiger partial charge in [-0.3, -0.25) is 0 Å². The van der Waals surface area contributed by atoms with Gasteiger partial charge in [0.1, 0.15) is 0 Å². The Bertz CT molecular complexity index is 673. The van der Waals surface area contributed by atoms with E-state index >= 15 is 0 Å². The van der Waals surface area contributed by atoms with Crippen molar-refractivity contribution in [2.75, 3.05) is 0 Å². The van der Waals surface area contributed by atoms with E-state index in [-0.39, 0.29) is 6.04 Å². The standard InChI is InChI=1S/C15H16F3N3/c1-9-14-12(19)6-3-7-13(14)21(20-9)11-5-2-4-10(8-11)15(16,17)18/h2,4-5,8,12H,3,6-7,19H2,1H3. The highest BCUT2D eigenvalue weighted by molar-refractivity contribution is 5.42. The Hall–Kier alpha value is -1.82. The van der Waals surface area contributed by atoms with Crippen molar-refractivity contribution in [1.82, 2.24) is 9.78 Å². The van der Waals surface area contributed by atoms with Crippen LogP contribution < -0.4 is 5.73 Å². The van der Waals surface area contributed by atoms with Crippen LogP contribution in [0.25, 0.3) is 5.69 Å². The first-order chi connectivity index (χ1) is 9.88. The molecule has 0 radical (unpaired) electrons. The van der Waals surface area contributed by atoms with Crippen LogP contribution in [0.3, 0.4) is 0 Å². The molecule has 0 saturated heterocycles. The highest BCUT2D eigenvalue weighted by Gasteiger charge is 2.31. The number of rotatable bonds is 1. The van der Waals surface area contributed by atoms with E-state index in [9.17, 15) is 13.2 Å². The molecule has 1 aromatic carbocycles. The number of hydrogen-bond donors (Lipinski definition) is 1. The van der Waals surface area contributed by atoms with Gasteiger partial charge in [0, 0.05) is 17.3 Å². The monoisotopic (exact) mass is 295 g/mol. The Morgan fingerprint density at radius 1 is 1.33 bits per heavy atom. The molecule has 1 unspecified atom stereocenters. The maximum absolute atomic E-state index is 12.8. The number of hydrogen-bond acceptors (Lipinski definition) is 2. The molecule has 3 nitrogen and oxygen atoms in total. The molecule has 0 aliphatic heterocycles. The number of nitrogens with two attached hydrogens (primary N) is 1. The van der Waals surface area contributed by atoms with Crippen LogP contribution in [0.1, 0.15) is 41.4 Å². The van der Waals surface area contributed by atoms with Crippen molar-refractivity contribution >= 4 is 0 Å². The van der Waals surface area contributed by atoms with Crippen LogP contribution in [0.2, 0.25) is 0 Å². The van der Waals surface area contributed by atoms with E-state index in [1.165, 1.54) is 6.07 Å². The number of fused-ring (bicyclic) bond motifs is 1. The van der Waals surface area contributed by atoms with E-state index in [0.29, 0.717) is 5.69 Å². The van der Waals surface area contributed by atoms with Crippen molar-refractivity contribution in [2.45, 2.75) is 38.4 Å². The van der Waals surface area contributed by atoms with Gasteiger partial charge >= 0.3 is 6.18 Å². The molecule has 21 heavy (non-hydrogen) atoms. The molecule has 1 heterocycles. The van der Waals surface area contributed by atoms with Crippen LogP contribution in [0, 0.1) is 6.92 Å². The SMILES string of the molecule is Cc1nn(-c2cccc(C(F)(F)F)c2)c2c1C(N)CCC2. The zero-order chi connectivity index (χ0) is 15.2. The second-order valence-electron chi connectivity index (χ2n) is 5.40. The summed E-state index contributed by atoms with van der Waals surface area (Å²) < 4.78 is 40.1. The van der Waals surface area contributed by atoms with Gasteiger partial charge in [-0.25, -0.2) is 4.68 Å². The third-order valence-corrected chi connectivity index (χ3v) is 3.92. The smallest absolute Gasteiger partial charge is 0.324 e. The number of aromatic nitrogens is 2. The molecule has 2 aromatic rings. The maximum atomic E-state index is 12.8. The first-order valence-electron chi connectivity index (χ1n) is 6.89. The van der Waals surface area contributed by atoms with Gasteiger partial charge in [-0.2, -0.15) is 18.3 Å². The minimum atomic E-state index is -4.35. The topological polar surface area (TPSA) is 43.8 Å². The molecule has 1 aromatic heterocycles. The van der Waals surface area contributed by atoms with E-state index in [1.807, 2.05) is 6.92 Å². The normalized spacial score (nSPS) is 18.6. The molecular weight excluding hydrogens is 279 g/mol. The van der Waals surface area contributed by atoms with Gasteiger partial charge in [0.25, 0.3) is 0 Å². The van der Waals surface area contributed by atoms with Gasteiger partial charge < -0.3 is 5.73 Å². The van der Waals surface area contributed by atoms with Crippen LogP contribution in [-0.2, 0) is 12.6 Å². The van der Waals surface area contributed by atoms with Crippen molar-refractivity contribution in [2.24, 2.45) is 5.73 Å². The number of aryl methyl sites for hydroxylation is 1. The minimum absolute atomic E-state index is 0.0756. The third kappa shape index (κ3) is 2.44. The van der Waals surface area contributed by atoms with Crippen molar-refractivity contribution in [1.29, 1.82) is 0 Å². The molecule has 1 aliphatic carbocycles. The minimum Gasteiger partial charge on any atom is -0.324 e. The molecule has 3 rings (SSSR count). The third-order valence-electron chi connectivity index (χ3n) is 3.92. The fourth-order valence-electron chi connectivity index (χ4n) is 2.97. The molecule has 0 amide bonds. The van der Waals surface area contributed by atoms with Crippen LogP contribution in [0.5, 0.6) is 0 Å². The predicted molar refractivity (Wildman–Crippen MR) is 73.2 cm³/mol. The largest absolute Gasteiger partial charge is 0.416 e. The molecule has 0 fully saturated rings. The molecule has 6 heteroatoms. The highest BCUT2D eigenvalue weighted by atomic mass is 19.4. The van der Waals surface area contributed by atoms with E-state index in [4.69, 9.17) is 5.73 Å². The first-order valence-corrected chi connectivity index (χ1v) is 6.89. The molecule has 112 valence electrons. The molecule has 1 aliphatic rings. The first kappa shape index (κ1) is 14.1. The van der Waals surface area contributed by atoms with Crippen LogP contribution in [0.15, 0.2) is 24.3 Å². The second-order valence-corrected chi connectivity index (χ2v) is 5.40. The lowest BCUT2D eigenvalue weighted by atomic mass is 9.91. The van der Waals surface area contributed by atoms with Gasteiger partial charge in [-0.05, 0) is 44.4 Å². The lowest BCUT2D eigenvalue weighted by Gasteiger charge is -2.20. The number of alkyl halides is 3. The van der Waals surface area contributed by atoms with Crippen molar-refractivity contribution in [3.05, 3.63) is 46.8 Å². The van der Waals surface area contributed by atoms with Gasteiger partial charge in [0.15, 0.2) is 0 Å². The average Bonchev–Trinajstić information content (AvgIpc) is 2.77. The van der Waals surface area contributed by atoms with Gasteiger partial charge in [-0.15, -0.1) is 0 Å². The summed E-state index contributed by atoms with van der Waals surface area (Å²) in [4.78, 5) is 0. The van der Waals surface area contributed by atoms with E-state index < -0.39 is 11.7 Å². The Labute approximate surface area is 120 Å². The molecule has 0 spiro atoms. The lowest BCUT2D eigenvalue weighted by molar-refractivity contribution is -0.137. The zero-order valence-corrected chi connectivity index (χ0v) is 11.6. The van der Waals surface area contributed by atoms with E-state index in [1.54, 1.807) is 10.7 Å². The Morgan fingerprint density at radius 3 is 2.81 bits per heavy atom. The summed E-state index contributed by atoms with van der Waals surface area (Å²) in [5, 5.41) is 4.41. The van der Waals surface area contributed by atoms with Gasteiger partial charge in [-0.1, -0.05) is 6.07 Å². The Morgan fingerprint density at radius 2 is 2.10 bits per heavy atom. The quantitative estimate of drug-likeness (QED) is 0.874. The molecule has 2 N–H and O–H groups in total. The second kappa shape index (κ2) is 4.87. The fourth-order valence-corrected chi connectivity index (χ4v) is 2.97. The summed E-state index contributed by atoms with van der Waals surface area (Å²) in [7, 11) is 0. The summed E-state index contributed by atoms with van der Waals surface area (Å²) in [6.07, 6.45) is -1.74. The van der Waals surface area contributed by atoms with Crippen LogP contribution >= 0.6 is 0 Å². The Balaban J connectivity index is 2.12. The summed E-state index contributed by atoms with van der Waals surface area (Å²) in [5.41, 5.74) is 8.59. The van der Waals surface area contributed by atoms with Crippen molar-refractivity contribution < 1.29 is 13.2 Å². The summed E-state index contributed by atoms with van der Waals surface area (Å²) in [6, 6.07) is 5.17. The van der Waals surface area contributed by atoms with Crippen molar-refractivity contribution in [3.8, 4) is 5.69 Å². The molecule has 0 bridgehead atoms. The van der Waals surface area contributed by atoms with Gasteiger partial charge in [0.05, 0.1) is 16.9 Å². The van der Waals surface area contributed by atoms with Gasteiger partial charge in [0.2, 0.25) is 0 Å². The predicted octanol–water partition coefficient (Wildman–Crippen LogP) is 3.54. The molecular formula is C15H16F3N3. The number of benzene rings is 1. The molecule has 1 atom stereocenters. The highest BCUT2D eigenvalue weighted by Crippen LogP contribution is 2.34. The molecule has 0 saturated carbocycles. The van der Waals surface area contributed by atoms with E-state index in [0.717, 1.165) is 48.3 Å². The Kier molecular flexibility index (Phi) is 3.28. The lowest BCUT2D eigenvalue weighted by Crippen LogP contribution is -2.18. The van der Waals surface area contributed by atoms with E-state index in [2.05, 4.69) is 5.10 Å². The number of nitrogens with zero attached hydrogens (tertiary/aromatic N) is 2. The number of halogens is 3. The summed E-state index contributed by atoms with van der Waals surface area (Å²) in [6.45, 7) is 1.86. The zero-order valence-electron chi connectivity index (χ0n) is 11.6.